The molecule has 0 aliphatic rings. The van der Waals surface area contributed by atoms with Gasteiger partial charge in [-0.1, -0.05) is 30.7 Å². The Balaban J connectivity index is 1.95. The van der Waals surface area contributed by atoms with Crippen LogP contribution in [-0.2, 0) is 13.0 Å². The summed E-state index contributed by atoms with van der Waals surface area (Å²) in [6, 6.07) is 11.7. The molecule has 0 fully saturated rings. The second kappa shape index (κ2) is 9.05. The van der Waals surface area contributed by atoms with Crippen molar-refractivity contribution in [3.8, 4) is 5.75 Å². The van der Waals surface area contributed by atoms with E-state index in [2.05, 4.69) is 15.3 Å². The summed E-state index contributed by atoms with van der Waals surface area (Å²) < 4.78 is 21.2. The molecule has 0 radical (unpaired) electrons. The van der Waals surface area contributed by atoms with Crippen molar-refractivity contribution in [2.75, 3.05) is 5.32 Å². The Labute approximate surface area is 173 Å². The van der Waals surface area contributed by atoms with E-state index >= 15 is 0 Å². The standard InChI is InChI=1S/C21H22ClFN4O2/c1-4-19-25-20(24-16-9-10-18(17(23)11-16)29-13(2)3)27(21(28)26-19)12-14-5-7-15(22)8-6-14/h5-11,13H,4,12H2,1-3H3,(H,24,25,26,28). The largest absolute Gasteiger partial charge is 0.488 e. The highest BCUT2D eigenvalue weighted by Crippen LogP contribution is 2.24. The van der Waals surface area contributed by atoms with Crippen LogP contribution in [0.25, 0.3) is 0 Å². The molecule has 0 aliphatic carbocycles. The van der Waals surface area contributed by atoms with E-state index in [0.29, 0.717) is 23.0 Å². The average Bonchev–Trinajstić information content (AvgIpc) is 2.67. The molecule has 0 saturated carbocycles. The second-order valence-electron chi connectivity index (χ2n) is 6.75. The van der Waals surface area contributed by atoms with Gasteiger partial charge in [0.05, 0.1) is 12.6 Å². The molecule has 1 heterocycles. The van der Waals surface area contributed by atoms with Crippen molar-refractivity contribution in [3.05, 3.63) is 75.2 Å². The van der Waals surface area contributed by atoms with Gasteiger partial charge in [-0.15, -0.1) is 0 Å². The Kier molecular flexibility index (Phi) is 6.49. The number of aromatic nitrogens is 3. The number of nitrogens with zero attached hydrogens (tertiary/aromatic N) is 3. The zero-order valence-electron chi connectivity index (χ0n) is 16.4. The smallest absolute Gasteiger partial charge is 0.352 e. The summed E-state index contributed by atoms with van der Waals surface area (Å²) in [7, 11) is 0. The lowest BCUT2D eigenvalue weighted by Crippen LogP contribution is -2.28. The molecule has 1 aromatic heterocycles. The van der Waals surface area contributed by atoms with Crippen LogP contribution in [0.4, 0.5) is 16.0 Å². The van der Waals surface area contributed by atoms with Gasteiger partial charge in [0.1, 0.15) is 5.82 Å². The molecule has 0 atom stereocenters. The van der Waals surface area contributed by atoms with Gasteiger partial charge in [-0.3, -0.25) is 4.57 Å². The molecule has 0 spiro atoms. The Bertz CT molecular complexity index is 1050. The molecule has 152 valence electrons. The van der Waals surface area contributed by atoms with E-state index in [-0.39, 0.29) is 24.3 Å². The monoisotopic (exact) mass is 416 g/mol. The van der Waals surface area contributed by atoms with E-state index in [1.165, 1.54) is 10.6 Å². The number of ether oxygens (including phenoxy) is 1. The Morgan fingerprint density at radius 1 is 1.17 bits per heavy atom. The van der Waals surface area contributed by atoms with Crippen LogP contribution in [0.2, 0.25) is 5.02 Å². The number of aryl methyl sites for hydroxylation is 1. The minimum Gasteiger partial charge on any atom is -0.488 e. The molecule has 0 amide bonds. The molecule has 29 heavy (non-hydrogen) atoms. The van der Waals surface area contributed by atoms with Gasteiger partial charge in [-0.2, -0.15) is 9.97 Å². The maximum Gasteiger partial charge on any atom is 0.352 e. The van der Waals surface area contributed by atoms with Crippen LogP contribution in [0.3, 0.4) is 0 Å². The van der Waals surface area contributed by atoms with Crippen LogP contribution in [0.15, 0.2) is 47.3 Å². The van der Waals surface area contributed by atoms with Gasteiger partial charge in [-0.05, 0) is 43.7 Å². The third-order valence-electron chi connectivity index (χ3n) is 4.07. The van der Waals surface area contributed by atoms with Crippen molar-refractivity contribution < 1.29 is 9.13 Å². The zero-order chi connectivity index (χ0) is 21.0. The van der Waals surface area contributed by atoms with Crippen molar-refractivity contribution in [1.82, 2.24) is 14.5 Å². The number of rotatable bonds is 7. The second-order valence-corrected chi connectivity index (χ2v) is 7.19. The quantitative estimate of drug-likeness (QED) is 0.610. The molecule has 8 heteroatoms. The fourth-order valence-electron chi connectivity index (χ4n) is 2.69. The van der Waals surface area contributed by atoms with E-state index in [9.17, 15) is 9.18 Å². The normalized spacial score (nSPS) is 11.0. The summed E-state index contributed by atoms with van der Waals surface area (Å²) in [4.78, 5) is 21.0. The highest BCUT2D eigenvalue weighted by Gasteiger charge is 2.13. The lowest BCUT2D eigenvalue weighted by Gasteiger charge is -2.15. The molecule has 0 unspecified atom stereocenters. The first-order valence-electron chi connectivity index (χ1n) is 9.31. The molecule has 0 saturated heterocycles. The average molecular weight is 417 g/mol. The van der Waals surface area contributed by atoms with Crippen molar-refractivity contribution in [3.63, 3.8) is 0 Å². The van der Waals surface area contributed by atoms with Crippen LogP contribution >= 0.6 is 11.6 Å². The Morgan fingerprint density at radius 3 is 2.52 bits per heavy atom. The minimum absolute atomic E-state index is 0.137. The van der Waals surface area contributed by atoms with E-state index in [1.54, 1.807) is 24.3 Å². The molecular weight excluding hydrogens is 395 g/mol. The Morgan fingerprint density at radius 2 is 1.90 bits per heavy atom. The van der Waals surface area contributed by atoms with Gasteiger partial charge in [0, 0.05) is 23.2 Å². The van der Waals surface area contributed by atoms with E-state index < -0.39 is 11.5 Å². The summed E-state index contributed by atoms with van der Waals surface area (Å²) in [6.45, 7) is 5.77. The van der Waals surface area contributed by atoms with E-state index in [1.807, 2.05) is 32.9 Å². The minimum atomic E-state index is -0.500. The molecule has 3 rings (SSSR count). The van der Waals surface area contributed by atoms with Crippen molar-refractivity contribution in [2.24, 2.45) is 0 Å². The lowest BCUT2D eigenvalue weighted by atomic mass is 10.2. The lowest BCUT2D eigenvalue weighted by molar-refractivity contribution is 0.231. The van der Waals surface area contributed by atoms with Gasteiger partial charge in [0.15, 0.2) is 11.6 Å². The topological polar surface area (TPSA) is 69.0 Å². The molecular formula is C21H22ClFN4O2. The first-order chi connectivity index (χ1) is 13.9. The summed E-state index contributed by atoms with van der Waals surface area (Å²) in [5, 5.41) is 3.64. The van der Waals surface area contributed by atoms with E-state index in [4.69, 9.17) is 16.3 Å². The molecule has 0 aliphatic heterocycles. The fourth-order valence-corrected chi connectivity index (χ4v) is 2.82. The van der Waals surface area contributed by atoms with Crippen molar-refractivity contribution >= 4 is 23.2 Å². The maximum atomic E-state index is 14.3. The predicted molar refractivity (Wildman–Crippen MR) is 112 cm³/mol. The number of nitrogens with one attached hydrogen (secondary N) is 1. The SMILES string of the molecule is CCc1nc(Nc2ccc(OC(C)C)c(F)c2)n(Cc2ccc(Cl)cc2)c(=O)n1. The maximum absolute atomic E-state index is 14.3. The van der Waals surface area contributed by atoms with Gasteiger partial charge >= 0.3 is 5.69 Å². The first kappa shape index (κ1) is 20.8. The molecule has 2 aromatic carbocycles. The van der Waals surface area contributed by atoms with Gasteiger partial charge < -0.3 is 10.1 Å². The first-order valence-corrected chi connectivity index (χ1v) is 9.69. The summed E-state index contributed by atoms with van der Waals surface area (Å²) >= 11 is 5.93. The zero-order valence-corrected chi connectivity index (χ0v) is 17.2. The van der Waals surface area contributed by atoms with Crippen LogP contribution in [0.1, 0.15) is 32.2 Å². The van der Waals surface area contributed by atoms with Gasteiger partial charge in [0.2, 0.25) is 5.95 Å². The number of anilines is 2. The van der Waals surface area contributed by atoms with Gasteiger partial charge in [-0.25, -0.2) is 9.18 Å². The van der Waals surface area contributed by atoms with Crippen LogP contribution < -0.4 is 15.7 Å². The van der Waals surface area contributed by atoms with Crippen molar-refractivity contribution in [2.45, 2.75) is 39.8 Å². The van der Waals surface area contributed by atoms with Crippen LogP contribution in [0.5, 0.6) is 5.75 Å². The number of hydrogen-bond donors (Lipinski definition) is 1. The summed E-state index contributed by atoms with van der Waals surface area (Å²) in [6.07, 6.45) is 0.364. The predicted octanol–water partition coefficient (Wildman–Crippen LogP) is 4.57. The number of benzene rings is 2. The molecule has 3 aromatic rings. The van der Waals surface area contributed by atoms with E-state index in [0.717, 1.165) is 5.56 Å². The third-order valence-corrected chi connectivity index (χ3v) is 4.32. The Hall–Kier alpha value is -2.93. The molecule has 0 bridgehead atoms. The number of hydrogen-bond acceptors (Lipinski definition) is 5. The molecule has 1 N–H and O–H groups in total. The van der Waals surface area contributed by atoms with Gasteiger partial charge in [0.25, 0.3) is 0 Å². The highest BCUT2D eigenvalue weighted by atomic mass is 35.5. The van der Waals surface area contributed by atoms with Crippen molar-refractivity contribution in [1.29, 1.82) is 0 Å². The number of halogens is 2. The third kappa shape index (κ3) is 5.32. The van der Waals surface area contributed by atoms with Crippen LogP contribution in [-0.4, -0.2) is 20.6 Å². The van der Waals surface area contributed by atoms with Crippen LogP contribution in [0, 0.1) is 5.82 Å². The highest BCUT2D eigenvalue weighted by molar-refractivity contribution is 6.30. The molecule has 6 nitrogen and oxygen atoms in total. The summed E-state index contributed by atoms with van der Waals surface area (Å²) in [5.41, 5.74) is 0.873. The summed E-state index contributed by atoms with van der Waals surface area (Å²) in [5.74, 6) is 0.361. The fraction of sp³-hybridized carbons (Fsp3) is 0.286.